The van der Waals surface area contributed by atoms with Crippen LogP contribution in [-0.2, 0) is 4.79 Å². The lowest BCUT2D eigenvalue weighted by molar-refractivity contribution is -0.123. The summed E-state index contributed by atoms with van der Waals surface area (Å²) < 4.78 is 0. The number of carbonyl (C=O) groups excluding carboxylic acids is 1. The van der Waals surface area contributed by atoms with Crippen LogP contribution in [0.5, 0.6) is 0 Å². The fraction of sp³-hybridized carbons (Fsp3) is 0.588. The Hall–Kier alpha value is -1.35. The quantitative estimate of drug-likeness (QED) is 0.886. The summed E-state index contributed by atoms with van der Waals surface area (Å²) in [5, 5.41) is 3.19. The molecule has 1 aromatic rings. The Labute approximate surface area is 121 Å². The van der Waals surface area contributed by atoms with Crippen LogP contribution < -0.4 is 11.1 Å². The maximum absolute atomic E-state index is 12.2. The molecule has 2 rings (SSSR count). The van der Waals surface area contributed by atoms with Crippen LogP contribution in [0.2, 0.25) is 0 Å². The molecular weight excluding hydrogens is 248 g/mol. The standard InChI is InChI=1S/C17H26N2O/c1-17(2)11-7-6-10-15(17)19-16(20)12-14(18)13-8-4-3-5-9-13/h3-5,8-9,14-15H,6-7,10-12,18H2,1-2H3,(H,19,20). The van der Waals surface area contributed by atoms with E-state index in [0.29, 0.717) is 6.42 Å². The third-order valence-corrected chi connectivity index (χ3v) is 4.48. The zero-order valence-electron chi connectivity index (χ0n) is 12.6. The molecule has 1 aliphatic carbocycles. The second-order valence-corrected chi connectivity index (χ2v) is 6.58. The van der Waals surface area contributed by atoms with Crippen LogP contribution in [0.15, 0.2) is 30.3 Å². The number of benzene rings is 1. The molecule has 2 atom stereocenters. The highest BCUT2D eigenvalue weighted by Gasteiger charge is 2.33. The Morgan fingerprint density at radius 1 is 1.35 bits per heavy atom. The summed E-state index contributed by atoms with van der Waals surface area (Å²) in [7, 11) is 0. The fourth-order valence-corrected chi connectivity index (χ4v) is 3.03. The van der Waals surface area contributed by atoms with Gasteiger partial charge in [-0.2, -0.15) is 0 Å². The van der Waals surface area contributed by atoms with Crippen LogP contribution in [0.3, 0.4) is 0 Å². The zero-order valence-corrected chi connectivity index (χ0v) is 12.6. The van der Waals surface area contributed by atoms with Crippen molar-refractivity contribution in [1.29, 1.82) is 0 Å². The Morgan fingerprint density at radius 2 is 2.05 bits per heavy atom. The van der Waals surface area contributed by atoms with E-state index in [9.17, 15) is 4.79 Å². The molecule has 1 aromatic carbocycles. The van der Waals surface area contributed by atoms with Crippen molar-refractivity contribution in [2.24, 2.45) is 11.1 Å². The molecule has 0 heterocycles. The molecule has 0 aliphatic heterocycles. The summed E-state index contributed by atoms with van der Waals surface area (Å²) in [6, 6.07) is 9.88. The fourth-order valence-electron chi connectivity index (χ4n) is 3.03. The first-order chi connectivity index (χ1) is 9.49. The van der Waals surface area contributed by atoms with Gasteiger partial charge in [0.25, 0.3) is 0 Å². The summed E-state index contributed by atoms with van der Waals surface area (Å²) in [6.07, 6.45) is 5.10. The Morgan fingerprint density at radius 3 is 2.70 bits per heavy atom. The van der Waals surface area contributed by atoms with Gasteiger partial charge in [-0.25, -0.2) is 0 Å². The van der Waals surface area contributed by atoms with Crippen LogP contribution in [0.1, 0.15) is 57.6 Å². The minimum Gasteiger partial charge on any atom is -0.353 e. The molecule has 0 spiro atoms. The predicted molar refractivity (Wildman–Crippen MR) is 82.2 cm³/mol. The minimum absolute atomic E-state index is 0.0707. The van der Waals surface area contributed by atoms with Crippen molar-refractivity contribution in [3.63, 3.8) is 0 Å². The van der Waals surface area contributed by atoms with Crippen molar-refractivity contribution >= 4 is 5.91 Å². The van der Waals surface area contributed by atoms with Gasteiger partial charge in [-0.15, -0.1) is 0 Å². The van der Waals surface area contributed by atoms with E-state index in [1.807, 2.05) is 30.3 Å². The van der Waals surface area contributed by atoms with E-state index < -0.39 is 0 Å². The Balaban J connectivity index is 1.89. The molecule has 0 radical (unpaired) electrons. The van der Waals surface area contributed by atoms with Gasteiger partial charge in [0.15, 0.2) is 0 Å². The van der Waals surface area contributed by atoms with E-state index >= 15 is 0 Å². The number of amides is 1. The van der Waals surface area contributed by atoms with Gasteiger partial charge in [0.05, 0.1) is 0 Å². The van der Waals surface area contributed by atoms with Crippen LogP contribution in [0.25, 0.3) is 0 Å². The number of hydrogen-bond acceptors (Lipinski definition) is 2. The molecule has 3 heteroatoms. The highest BCUT2D eigenvalue weighted by atomic mass is 16.1. The molecule has 1 fully saturated rings. The lowest BCUT2D eigenvalue weighted by Gasteiger charge is -2.39. The number of nitrogens with one attached hydrogen (secondary N) is 1. The van der Waals surface area contributed by atoms with Gasteiger partial charge in [-0.1, -0.05) is 57.0 Å². The maximum atomic E-state index is 12.2. The van der Waals surface area contributed by atoms with Gasteiger partial charge in [0.1, 0.15) is 0 Å². The molecule has 110 valence electrons. The first kappa shape index (κ1) is 15.0. The molecule has 1 aliphatic rings. The van der Waals surface area contributed by atoms with Crippen LogP contribution in [0.4, 0.5) is 0 Å². The molecule has 0 aromatic heterocycles. The van der Waals surface area contributed by atoms with Gasteiger partial charge in [0.2, 0.25) is 5.91 Å². The average Bonchev–Trinajstić information content (AvgIpc) is 2.42. The van der Waals surface area contributed by atoms with E-state index in [4.69, 9.17) is 5.73 Å². The summed E-state index contributed by atoms with van der Waals surface area (Å²) in [4.78, 5) is 12.2. The normalized spacial score (nSPS) is 23.1. The van der Waals surface area contributed by atoms with E-state index in [2.05, 4.69) is 19.2 Å². The number of hydrogen-bond donors (Lipinski definition) is 2. The molecule has 1 saturated carbocycles. The molecule has 0 bridgehead atoms. The second kappa shape index (κ2) is 6.40. The van der Waals surface area contributed by atoms with E-state index in [1.54, 1.807) is 0 Å². The van der Waals surface area contributed by atoms with Gasteiger partial charge in [-0.3, -0.25) is 4.79 Å². The smallest absolute Gasteiger partial charge is 0.222 e. The SMILES string of the molecule is CC1(C)CCCCC1NC(=O)CC(N)c1ccccc1. The summed E-state index contributed by atoms with van der Waals surface area (Å²) >= 11 is 0. The van der Waals surface area contributed by atoms with Gasteiger partial charge in [0, 0.05) is 18.5 Å². The van der Waals surface area contributed by atoms with Crippen molar-refractivity contribution in [3.8, 4) is 0 Å². The number of carbonyl (C=O) groups is 1. The first-order valence-electron chi connectivity index (χ1n) is 7.59. The third kappa shape index (κ3) is 3.83. The van der Waals surface area contributed by atoms with Crippen LogP contribution in [0, 0.1) is 5.41 Å². The van der Waals surface area contributed by atoms with E-state index in [-0.39, 0.29) is 23.4 Å². The van der Waals surface area contributed by atoms with Crippen molar-refractivity contribution < 1.29 is 4.79 Å². The maximum Gasteiger partial charge on any atom is 0.222 e. The number of rotatable bonds is 4. The molecule has 0 saturated heterocycles. The minimum atomic E-state index is -0.220. The molecule has 1 amide bonds. The highest BCUT2D eigenvalue weighted by Crippen LogP contribution is 2.35. The third-order valence-electron chi connectivity index (χ3n) is 4.48. The number of nitrogens with two attached hydrogens (primary N) is 1. The van der Waals surface area contributed by atoms with Gasteiger partial charge in [-0.05, 0) is 23.8 Å². The predicted octanol–water partition coefficient (Wildman–Crippen LogP) is 3.16. The van der Waals surface area contributed by atoms with Gasteiger partial charge >= 0.3 is 0 Å². The summed E-state index contributed by atoms with van der Waals surface area (Å²) in [6.45, 7) is 4.49. The zero-order chi connectivity index (χ0) is 14.6. The molecule has 3 nitrogen and oxygen atoms in total. The monoisotopic (exact) mass is 274 g/mol. The lowest BCUT2D eigenvalue weighted by Crippen LogP contribution is -2.47. The summed E-state index contributed by atoms with van der Waals surface area (Å²) in [5.41, 5.74) is 7.33. The molecule has 2 unspecified atom stereocenters. The second-order valence-electron chi connectivity index (χ2n) is 6.58. The van der Waals surface area contributed by atoms with Crippen molar-refractivity contribution in [2.75, 3.05) is 0 Å². The van der Waals surface area contributed by atoms with Gasteiger partial charge < -0.3 is 11.1 Å². The largest absolute Gasteiger partial charge is 0.353 e. The van der Waals surface area contributed by atoms with Crippen LogP contribution in [-0.4, -0.2) is 11.9 Å². The van der Waals surface area contributed by atoms with E-state index in [0.717, 1.165) is 12.0 Å². The average molecular weight is 274 g/mol. The summed E-state index contributed by atoms with van der Waals surface area (Å²) in [5.74, 6) is 0.0707. The van der Waals surface area contributed by atoms with Crippen molar-refractivity contribution in [3.05, 3.63) is 35.9 Å². The first-order valence-corrected chi connectivity index (χ1v) is 7.59. The van der Waals surface area contributed by atoms with E-state index in [1.165, 1.54) is 19.3 Å². The molecular formula is C17H26N2O. The van der Waals surface area contributed by atoms with Crippen LogP contribution >= 0.6 is 0 Å². The highest BCUT2D eigenvalue weighted by molar-refractivity contribution is 5.77. The Kier molecular flexibility index (Phi) is 4.81. The Bertz CT molecular complexity index is 442. The molecule has 3 N–H and O–H groups in total. The van der Waals surface area contributed by atoms with Crippen molar-refractivity contribution in [1.82, 2.24) is 5.32 Å². The molecule has 20 heavy (non-hydrogen) atoms. The lowest BCUT2D eigenvalue weighted by atomic mass is 9.73. The topological polar surface area (TPSA) is 55.1 Å². The van der Waals surface area contributed by atoms with Crippen molar-refractivity contribution in [2.45, 2.75) is 58.0 Å².